The van der Waals surface area contributed by atoms with E-state index in [4.69, 9.17) is 14.4 Å². The first-order chi connectivity index (χ1) is 19.6. The zero-order chi connectivity index (χ0) is 26.8. The Hall–Kier alpha value is -5.02. The van der Waals surface area contributed by atoms with Crippen molar-refractivity contribution < 1.29 is 4.42 Å². The van der Waals surface area contributed by atoms with Crippen LogP contribution in [0.4, 0.5) is 0 Å². The first-order valence-corrected chi connectivity index (χ1v) is 13.7. The van der Waals surface area contributed by atoms with Gasteiger partial charge in [0.2, 0.25) is 0 Å². The number of hydrogen-bond donors (Lipinski definition) is 0. The van der Waals surface area contributed by atoms with E-state index in [0.717, 1.165) is 55.8 Å². The van der Waals surface area contributed by atoms with E-state index in [-0.39, 0.29) is 5.41 Å². The molecule has 190 valence electrons. The molecule has 0 spiro atoms. The molecule has 0 amide bonds. The third-order valence-electron chi connectivity index (χ3n) is 8.31. The van der Waals surface area contributed by atoms with Crippen molar-refractivity contribution in [2.75, 3.05) is 0 Å². The number of nitrogens with zero attached hydrogens (tertiary/aromatic N) is 2. The van der Waals surface area contributed by atoms with Crippen LogP contribution in [0, 0.1) is 0 Å². The highest BCUT2D eigenvalue weighted by molar-refractivity contribution is 6.12. The normalized spacial score (nSPS) is 13.4. The number of aromatic nitrogens is 2. The molecule has 1 aliphatic carbocycles. The third kappa shape index (κ3) is 3.37. The van der Waals surface area contributed by atoms with Gasteiger partial charge in [0.15, 0.2) is 5.82 Å². The Labute approximate surface area is 232 Å². The molecule has 5 aromatic carbocycles. The molecule has 1 aliphatic rings. The summed E-state index contributed by atoms with van der Waals surface area (Å²) in [5, 5.41) is 2.31. The Morgan fingerprint density at radius 1 is 0.550 bits per heavy atom. The summed E-state index contributed by atoms with van der Waals surface area (Å²) >= 11 is 0. The SMILES string of the molecule is CC1(C)c2ccc(-c3cc(-c4ccccc4)nc(-c4ccccc4)n3)cc2-c2c1ccc1c2oc2ccccc21. The highest BCUT2D eigenvalue weighted by atomic mass is 16.3. The molecule has 0 N–H and O–H groups in total. The third-order valence-corrected chi connectivity index (χ3v) is 8.31. The van der Waals surface area contributed by atoms with Crippen molar-refractivity contribution in [3.63, 3.8) is 0 Å². The lowest BCUT2D eigenvalue weighted by Crippen LogP contribution is -2.14. The summed E-state index contributed by atoms with van der Waals surface area (Å²) in [4.78, 5) is 10.0. The van der Waals surface area contributed by atoms with Gasteiger partial charge in [0.25, 0.3) is 0 Å². The van der Waals surface area contributed by atoms with Gasteiger partial charge in [-0.3, -0.25) is 0 Å². The smallest absolute Gasteiger partial charge is 0.160 e. The second-order valence-electron chi connectivity index (χ2n) is 11.0. The number of para-hydroxylation sites is 1. The quantitative estimate of drug-likeness (QED) is 0.236. The first kappa shape index (κ1) is 22.9. The average Bonchev–Trinajstić information content (AvgIpc) is 3.50. The zero-order valence-corrected chi connectivity index (χ0v) is 22.3. The molecule has 40 heavy (non-hydrogen) atoms. The van der Waals surface area contributed by atoms with Crippen molar-refractivity contribution in [2.24, 2.45) is 0 Å². The van der Waals surface area contributed by atoms with Crippen molar-refractivity contribution in [3.8, 4) is 45.0 Å². The van der Waals surface area contributed by atoms with Gasteiger partial charge in [0.1, 0.15) is 11.2 Å². The second kappa shape index (κ2) is 8.49. The molecule has 2 heterocycles. The molecule has 0 atom stereocenters. The van der Waals surface area contributed by atoms with Crippen LogP contribution in [-0.4, -0.2) is 9.97 Å². The van der Waals surface area contributed by atoms with Crippen molar-refractivity contribution in [1.29, 1.82) is 0 Å². The largest absolute Gasteiger partial charge is 0.455 e. The second-order valence-corrected chi connectivity index (χ2v) is 11.0. The first-order valence-electron chi connectivity index (χ1n) is 13.7. The number of fused-ring (bicyclic) bond motifs is 7. The molecule has 3 nitrogen and oxygen atoms in total. The van der Waals surface area contributed by atoms with Gasteiger partial charge in [-0.2, -0.15) is 0 Å². The lowest BCUT2D eigenvalue weighted by atomic mass is 9.82. The van der Waals surface area contributed by atoms with Crippen LogP contribution >= 0.6 is 0 Å². The van der Waals surface area contributed by atoms with Crippen LogP contribution in [0.2, 0.25) is 0 Å². The van der Waals surface area contributed by atoms with E-state index in [2.05, 4.69) is 92.7 Å². The molecule has 3 heteroatoms. The fourth-order valence-corrected chi connectivity index (χ4v) is 6.25. The number of hydrogen-bond acceptors (Lipinski definition) is 3. The van der Waals surface area contributed by atoms with Gasteiger partial charge in [0.05, 0.1) is 11.4 Å². The maximum Gasteiger partial charge on any atom is 0.160 e. The minimum atomic E-state index is -0.133. The molecule has 0 aliphatic heterocycles. The van der Waals surface area contributed by atoms with Gasteiger partial charge in [-0.25, -0.2) is 9.97 Å². The summed E-state index contributed by atoms with van der Waals surface area (Å²) in [6, 6.07) is 42.2. The van der Waals surface area contributed by atoms with Gasteiger partial charge in [-0.1, -0.05) is 117 Å². The van der Waals surface area contributed by atoms with Gasteiger partial charge in [0, 0.05) is 38.4 Å². The van der Waals surface area contributed by atoms with Crippen molar-refractivity contribution >= 4 is 21.9 Å². The minimum absolute atomic E-state index is 0.133. The van der Waals surface area contributed by atoms with Crippen LogP contribution in [0.1, 0.15) is 25.0 Å². The summed E-state index contributed by atoms with van der Waals surface area (Å²) in [5.41, 5.74) is 11.7. The van der Waals surface area contributed by atoms with Gasteiger partial charge in [-0.05, 0) is 34.9 Å². The predicted octanol–water partition coefficient (Wildman–Crippen LogP) is 9.68. The number of benzene rings is 5. The fourth-order valence-electron chi connectivity index (χ4n) is 6.25. The van der Waals surface area contributed by atoms with E-state index in [1.807, 2.05) is 42.5 Å². The van der Waals surface area contributed by atoms with Crippen molar-refractivity contribution in [1.82, 2.24) is 9.97 Å². The van der Waals surface area contributed by atoms with E-state index >= 15 is 0 Å². The fraction of sp³-hybridized carbons (Fsp3) is 0.0811. The van der Waals surface area contributed by atoms with Crippen LogP contribution in [0.15, 0.2) is 126 Å². The van der Waals surface area contributed by atoms with Crippen LogP contribution in [0.3, 0.4) is 0 Å². The van der Waals surface area contributed by atoms with Crippen LogP contribution < -0.4 is 0 Å². The molecule has 0 bridgehead atoms. The maximum absolute atomic E-state index is 6.52. The summed E-state index contributed by atoms with van der Waals surface area (Å²) in [6.45, 7) is 4.61. The molecule has 0 saturated carbocycles. The minimum Gasteiger partial charge on any atom is -0.455 e. The van der Waals surface area contributed by atoms with Gasteiger partial charge >= 0.3 is 0 Å². The lowest BCUT2D eigenvalue weighted by molar-refractivity contribution is 0.653. The monoisotopic (exact) mass is 514 g/mol. The van der Waals surface area contributed by atoms with E-state index in [1.165, 1.54) is 22.3 Å². The van der Waals surface area contributed by atoms with E-state index in [9.17, 15) is 0 Å². The van der Waals surface area contributed by atoms with Crippen molar-refractivity contribution in [2.45, 2.75) is 19.3 Å². The van der Waals surface area contributed by atoms with Crippen molar-refractivity contribution in [3.05, 3.63) is 132 Å². The Balaban J connectivity index is 1.37. The maximum atomic E-state index is 6.52. The molecule has 0 radical (unpaired) electrons. The highest BCUT2D eigenvalue weighted by Gasteiger charge is 2.38. The molecule has 0 saturated heterocycles. The Kier molecular flexibility index (Phi) is 4.86. The molecule has 0 unspecified atom stereocenters. The number of rotatable bonds is 3. The van der Waals surface area contributed by atoms with E-state index in [0.29, 0.717) is 0 Å². The summed E-state index contributed by atoms with van der Waals surface area (Å²) in [6.07, 6.45) is 0. The average molecular weight is 515 g/mol. The molecular formula is C37H26N2O. The summed E-state index contributed by atoms with van der Waals surface area (Å²) in [5.74, 6) is 0.720. The van der Waals surface area contributed by atoms with Gasteiger partial charge < -0.3 is 4.42 Å². The summed E-state index contributed by atoms with van der Waals surface area (Å²) < 4.78 is 6.52. The topological polar surface area (TPSA) is 38.9 Å². The Bertz CT molecular complexity index is 2010. The molecule has 7 aromatic rings. The molecule has 8 rings (SSSR count). The van der Waals surface area contributed by atoms with E-state index in [1.54, 1.807) is 0 Å². The zero-order valence-electron chi connectivity index (χ0n) is 22.3. The highest BCUT2D eigenvalue weighted by Crippen LogP contribution is 2.53. The molecule has 2 aromatic heterocycles. The standard InChI is InChI=1S/C37H26N2O/c1-37(2)29-19-17-25(21-28(29)34-30(37)20-18-27-26-15-9-10-16-33(26)40-35(27)34)32-22-31(23-11-5-3-6-12-23)38-36(39-32)24-13-7-4-8-14-24/h3-22H,1-2H3. The Morgan fingerprint density at radius 2 is 1.20 bits per heavy atom. The lowest BCUT2D eigenvalue weighted by Gasteiger charge is -2.21. The van der Waals surface area contributed by atoms with Crippen LogP contribution in [0.25, 0.3) is 67.0 Å². The molecular weight excluding hydrogens is 488 g/mol. The van der Waals surface area contributed by atoms with Crippen LogP contribution in [0.5, 0.6) is 0 Å². The van der Waals surface area contributed by atoms with Gasteiger partial charge in [-0.15, -0.1) is 0 Å². The summed E-state index contributed by atoms with van der Waals surface area (Å²) in [7, 11) is 0. The predicted molar refractivity (Wildman–Crippen MR) is 163 cm³/mol. The Morgan fingerprint density at radius 3 is 1.98 bits per heavy atom. The van der Waals surface area contributed by atoms with Crippen LogP contribution in [-0.2, 0) is 5.41 Å². The van der Waals surface area contributed by atoms with E-state index < -0.39 is 0 Å². The molecule has 0 fully saturated rings. The number of furan rings is 1.